The molecule has 5 aromatic rings. The van der Waals surface area contributed by atoms with Crippen LogP contribution in [0.4, 0.5) is 0 Å². The quantitative estimate of drug-likeness (QED) is 0.274. The van der Waals surface area contributed by atoms with Gasteiger partial charge in [-0.05, 0) is 50.1 Å². The Balaban J connectivity index is 1.65. The van der Waals surface area contributed by atoms with Gasteiger partial charge in [0, 0.05) is 16.5 Å². The van der Waals surface area contributed by atoms with Gasteiger partial charge in [-0.2, -0.15) is 0 Å². The summed E-state index contributed by atoms with van der Waals surface area (Å²) in [5, 5.41) is 5.16. The summed E-state index contributed by atoms with van der Waals surface area (Å²) in [6.45, 7) is 11.5. The Labute approximate surface area is 201 Å². The number of nitrogens with zero attached hydrogens (tertiary/aromatic N) is 2. The van der Waals surface area contributed by atoms with Crippen molar-refractivity contribution < 1.29 is 0 Å². The Hall–Kier alpha value is -3.52. The van der Waals surface area contributed by atoms with Crippen molar-refractivity contribution in [1.29, 1.82) is 0 Å². The molecule has 34 heavy (non-hydrogen) atoms. The van der Waals surface area contributed by atoms with Crippen LogP contribution >= 0.6 is 0 Å². The molecule has 1 heterocycles. The molecule has 1 aromatic heterocycles. The van der Waals surface area contributed by atoms with E-state index >= 15 is 0 Å². The van der Waals surface area contributed by atoms with Crippen LogP contribution in [0.25, 0.3) is 43.9 Å². The van der Waals surface area contributed by atoms with Crippen molar-refractivity contribution in [2.75, 3.05) is 0 Å². The molecule has 0 spiro atoms. The van der Waals surface area contributed by atoms with Crippen LogP contribution in [-0.4, -0.2) is 9.97 Å². The molecule has 4 aromatic carbocycles. The first-order valence-electron chi connectivity index (χ1n) is 12.1. The standard InChI is InChI=1S/C32H30N2/c1-31(2,3)18-21-11-8-14-24-22(21)13-9-15-25(24)29-27-26-17-16-20-10-6-7-12-23(20)28(26)32(4,5)30(27)34-19-33-29/h6-17,19H,18H2,1-5H3. The maximum absolute atomic E-state index is 4.91. The van der Waals surface area contributed by atoms with Crippen LogP contribution < -0.4 is 0 Å². The lowest BCUT2D eigenvalue weighted by Gasteiger charge is -2.22. The van der Waals surface area contributed by atoms with E-state index in [0.717, 1.165) is 17.8 Å². The van der Waals surface area contributed by atoms with Gasteiger partial charge in [0.15, 0.2) is 0 Å². The Morgan fingerprint density at radius 1 is 0.706 bits per heavy atom. The third-order valence-corrected chi connectivity index (χ3v) is 7.25. The minimum atomic E-state index is -0.189. The van der Waals surface area contributed by atoms with E-state index in [1.54, 1.807) is 6.33 Å². The van der Waals surface area contributed by atoms with Gasteiger partial charge in [0.2, 0.25) is 0 Å². The molecule has 2 nitrogen and oxygen atoms in total. The number of aromatic nitrogens is 2. The predicted octanol–water partition coefficient (Wildman–Crippen LogP) is 8.34. The summed E-state index contributed by atoms with van der Waals surface area (Å²) in [6, 6.07) is 26.6. The Morgan fingerprint density at radius 3 is 2.26 bits per heavy atom. The van der Waals surface area contributed by atoms with Gasteiger partial charge >= 0.3 is 0 Å². The van der Waals surface area contributed by atoms with Crippen molar-refractivity contribution in [3.05, 3.63) is 95.9 Å². The van der Waals surface area contributed by atoms with Gasteiger partial charge in [-0.1, -0.05) is 107 Å². The summed E-state index contributed by atoms with van der Waals surface area (Å²) < 4.78 is 0. The third-order valence-electron chi connectivity index (χ3n) is 7.25. The lowest BCUT2D eigenvalue weighted by atomic mass is 9.82. The molecule has 0 aliphatic heterocycles. The maximum atomic E-state index is 4.91. The van der Waals surface area contributed by atoms with Crippen LogP contribution in [0.5, 0.6) is 0 Å². The van der Waals surface area contributed by atoms with Crippen LogP contribution in [0.3, 0.4) is 0 Å². The zero-order valence-electron chi connectivity index (χ0n) is 20.6. The van der Waals surface area contributed by atoms with Crippen LogP contribution in [0.2, 0.25) is 0 Å². The van der Waals surface area contributed by atoms with Gasteiger partial charge in [-0.3, -0.25) is 0 Å². The minimum absolute atomic E-state index is 0.189. The summed E-state index contributed by atoms with van der Waals surface area (Å²) in [7, 11) is 0. The molecule has 0 atom stereocenters. The van der Waals surface area contributed by atoms with Crippen LogP contribution in [0, 0.1) is 5.41 Å². The van der Waals surface area contributed by atoms with Crippen molar-refractivity contribution >= 4 is 21.5 Å². The highest BCUT2D eigenvalue weighted by Crippen LogP contribution is 2.53. The highest BCUT2D eigenvalue weighted by Gasteiger charge is 2.40. The molecule has 1 aliphatic carbocycles. The zero-order chi connectivity index (χ0) is 23.7. The average Bonchev–Trinajstić information content (AvgIpc) is 3.05. The van der Waals surface area contributed by atoms with Crippen LogP contribution in [0.15, 0.2) is 79.1 Å². The Bertz CT molecular complexity index is 1580. The van der Waals surface area contributed by atoms with Gasteiger partial charge in [0.1, 0.15) is 6.33 Å². The van der Waals surface area contributed by atoms with E-state index in [4.69, 9.17) is 9.97 Å². The first-order valence-corrected chi connectivity index (χ1v) is 12.1. The number of rotatable bonds is 2. The van der Waals surface area contributed by atoms with E-state index in [1.165, 1.54) is 49.4 Å². The fourth-order valence-corrected chi connectivity index (χ4v) is 5.90. The molecule has 0 saturated carbocycles. The largest absolute Gasteiger partial charge is 0.240 e. The number of hydrogen-bond donors (Lipinski definition) is 0. The molecule has 0 bridgehead atoms. The van der Waals surface area contributed by atoms with E-state index in [9.17, 15) is 0 Å². The molecule has 0 amide bonds. The van der Waals surface area contributed by atoms with E-state index in [-0.39, 0.29) is 10.8 Å². The van der Waals surface area contributed by atoms with Crippen molar-refractivity contribution in [3.63, 3.8) is 0 Å². The molecule has 0 N–H and O–H groups in total. The van der Waals surface area contributed by atoms with E-state index < -0.39 is 0 Å². The highest BCUT2D eigenvalue weighted by molar-refractivity contribution is 6.05. The second kappa shape index (κ2) is 7.24. The van der Waals surface area contributed by atoms with Crippen molar-refractivity contribution in [2.45, 2.75) is 46.5 Å². The molecule has 2 heteroatoms. The number of fused-ring (bicyclic) bond motifs is 6. The molecule has 0 radical (unpaired) electrons. The van der Waals surface area contributed by atoms with E-state index in [0.29, 0.717) is 0 Å². The second-order valence-electron chi connectivity index (χ2n) is 11.3. The normalized spacial score (nSPS) is 14.4. The van der Waals surface area contributed by atoms with Gasteiger partial charge in [-0.15, -0.1) is 0 Å². The minimum Gasteiger partial charge on any atom is -0.240 e. The lowest BCUT2D eigenvalue weighted by molar-refractivity contribution is 0.412. The average molecular weight is 443 g/mol. The lowest BCUT2D eigenvalue weighted by Crippen LogP contribution is -2.17. The van der Waals surface area contributed by atoms with E-state index in [1.807, 2.05) is 0 Å². The summed E-state index contributed by atoms with van der Waals surface area (Å²) >= 11 is 0. The van der Waals surface area contributed by atoms with Crippen molar-refractivity contribution in [1.82, 2.24) is 9.97 Å². The highest BCUT2D eigenvalue weighted by atomic mass is 14.9. The molecule has 0 fully saturated rings. The fraction of sp³-hybridized carbons (Fsp3) is 0.250. The summed E-state index contributed by atoms with van der Waals surface area (Å²) in [5.74, 6) is 0. The topological polar surface area (TPSA) is 25.8 Å². The van der Waals surface area contributed by atoms with Crippen LogP contribution in [0.1, 0.15) is 51.4 Å². The summed E-state index contributed by atoms with van der Waals surface area (Å²) in [5.41, 5.74) is 8.57. The zero-order valence-corrected chi connectivity index (χ0v) is 20.6. The second-order valence-corrected chi connectivity index (χ2v) is 11.3. The van der Waals surface area contributed by atoms with Gasteiger partial charge in [-0.25, -0.2) is 9.97 Å². The molecule has 6 rings (SSSR count). The number of benzene rings is 4. The van der Waals surface area contributed by atoms with Gasteiger partial charge in [0.05, 0.1) is 11.4 Å². The first-order chi connectivity index (χ1) is 16.3. The molecular formula is C32H30N2. The maximum Gasteiger partial charge on any atom is 0.116 e. The molecule has 1 aliphatic rings. The number of hydrogen-bond acceptors (Lipinski definition) is 2. The summed E-state index contributed by atoms with van der Waals surface area (Å²) in [6.07, 6.45) is 2.79. The Morgan fingerprint density at radius 2 is 1.44 bits per heavy atom. The van der Waals surface area contributed by atoms with Crippen molar-refractivity contribution in [3.8, 4) is 22.4 Å². The smallest absolute Gasteiger partial charge is 0.116 e. The molecule has 0 unspecified atom stereocenters. The molecular weight excluding hydrogens is 412 g/mol. The van der Waals surface area contributed by atoms with E-state index in [2.05, 4.69) is 107 Å². The SMILES string of the molecule is CC(C)(C)Cc1cccc2c(-c3ncnc4c3-c3ccc5ccccc5c3C4(C)C)cccc12. The van der Waals surface area contributed by atoms with Gasteiger partial charge < -0.3 is 0 Å². The third kappa shape index (κ3) is 3.09. The monoisotopic (exact) mass is 442 g/mol. The van der Waals surface area contributed by atoms with Crippen LogP contribution in [-0.2, 0) is 11.8 Å². The molecule has 0 saturated heterocycles. The van der Waals surface area contributed by atoms with Gasteiger partial charge in [0.25, 0.3) is 0 Å². The predicted molar refractivity (Wildman–Crippen MR) is 143 cm³/mol. The molecule has 168 valence electrons. The summed E-state index contributed by atoms with van der Waals surface area (Å²) in [4.78, 5) is 9.76. The van der Waals surface area contributed by atoms with Crippen molar-refractivity contribution in [2.24, 2.45) is 5.41 Å². The first kappa shape index (κ1) is 21.0. The Kier molecular flexibility index (Phi) is 4.48. The fourth-order valence-electron chi connectivity index (χ4n) is 5.90.